The first-order valence-electron chi connectivity index (χ1n) is 10.4. The highest BCUT2D eigenvalue weighted by molar-refractivity contribution is 7.89. The molecule has 4 rings (SSSR count). The van der Waals surface area contributed by atoms with Gasteiger partial charge in [-0.3, -0.25) is 9.59 Å². The molecule has 0 unspecified atom stereocenters. The Morgan fingerprint density at radius 3 is 2.22 bits per heavy atom. The first kappa shape index (κ1) is 22.4. The fourth-order valence-electron chi connectivity index (χ4n) is 3.80. The normalized spacial score (nSPS) is 14.9. The Labute approximate surface area is 191 Å². The van der Waals surface area contributed by atoms with E-state index < -0.39 is 10.0 Å². The summed E-state index contributed by atoms with van der Waals surface area (Å²) >= 11 is 1.48. The van der Waals surface area contributed by atoms with Crippen molar-refractivity contribution in [1.82, 2.24) is 9.62 Å². The zero-order chi connectivity index (χ0) is 22.6. The van der Waals surface area contributed by atoms with Gasteiger partial charge in [-0.2, -0.15) is 0 Å². The molecule has 1 amide bonds. The number of thiophene rings is 1. The molecule has 0 aliphatic carbocycles. The monoisotopic (exact) mass is 468 g/mol. The summed E-state index contributed by atoms with van der Waals surface area (Å²) in [7, 11) is -3.65. The Hall–Kier alpha value is -2.81. The van der Waals surface area contributed by atoms with Crippen molar-refractivity contribution in [3.05, 3.63) is 88.1 Å². The van der Waals surface area contributed by atoms with Crippen LogP contribution in [0.15, 0.2) is 77.0 Å². The van der Waals surface area contributed by atoms with Crippen molar-refractivity contribution in [2.45, 2.75) is 24.3 Å². The maximum absolute atomic E-state index is 12.9. The van der Waals surface area contributed by atoms with Gasteiger partial charge in [0.15, 0.2) is 5.78 Å². The van der Waals surface area contributed by atoms with E-state index in [1.165, 1.54) is 23.5 Å². The third kappa shape index (κ3) is 5.15. The van der Waals surface area contributed by atoms with Crippen molar-refractivity contribution in [2.24, 2.45) is 5.92 Å². The molecule has 0 atom stereocenters. The van der Waals surface area contributed by atoms with Gasteiger partial charge in [-0.05, 0) is 48.6 Å². The molecule has 1 fully saturated rings. The zero-order valence-electron chi connectivity index (χ0n) is 17.4. The molecule has 3 aromatic rings. The van der Waals surface area contributed by atoms with Crippen LogP contribution in [0.4, 0.5) is 0 Å². The van der Waals surface area contributed by atoms with Crippen LogP contribution in [0.25, 0.3) is 0 Å². The van der Waals surface area contributed by atoms with Gasteiger partial charge in [0, 0.05) is 41.6 Å². The second-order valence-electron chi connectivity index (χ2n) is 7.73. The number of carbonyl (C=O) groups excluding carboxylic acids is 2. The molecule has 32 heavy (non-hydrogen) atoms. The van der Waals surface area contributed by atoms with E-state index in [2.05, 4.69) is 4.72 Å². The van der Waals surface area contributed by atoms with E-state index >= 15 is 0 Å². The maximum Gasteiger partial charge on any atom is 0.253 e. The summed E-state index contributed by atoms with van der Waals surface area (Å²) in [4.78, 5) is 28.3. The first-order valence-corrected chi connectivity index (χ1v) is 12.8. The Bertz CT molecular complexity index is 1170. The smallest absolute Gasteiger partial charge is 0.253 e. The lowest BCUT2D eigenvalue weighted by Crippen LogP contribution is -2.40. The van der Waals surface area contributed by atoms with E-state index in [1.807, 2.05) is 47.8 Å². The average molecular weight is 469 g/mol. The van der Waals surface area contributed by atoms with Gasteiger partial charge in [-0.25, -0.2) is 13.1 Å². The summed E-state index contributed by atoms with van der Waals surface area (Å²) in [5.74, 6) is -0.100. The number of benzene rings is 2. The number of amides is 1. The number of ketones is 1. The van der Waals surface area contributed by atoms with Crippen LogP contribution in [0.3, 0.4) is 0 Å². The molecule has 1 N–H and O–H groups in total. The van der Waals surface area contributed by atoms with Crippen molar-refractivity contribution < 1.29 is 18.0 Å². The molecular formula is C24H24N2O4S2. The van der Waals surface area contributed by atoms with Gasteiger partial charge in [0.2, 0.25) is 10.0 Å². The molecule has 1 aliphatic rings. The number of likely N-dealkylation sites (tertiary alicyclic amines) is 1. The van der Waals surface area contributed by atoms with Crippen LogP contribution in [0, 0.1) is 5.92 Å². The van der Waals surface area contributed by atoms with Crippen LogP contribution in [-0.4, -0.2) is 38.1 Å². The molecule has 2 heterocycles. The minimum Gasteiger partial charge on any atom is -0.339 e. The van der Waals surface area contributed by atoms with Crippen molar-refractivity contribution >= 4 is 33.1 Å². The molecule has 0 spiro atoms. The third-order valence-electron chi connectivity index (χ3n) is 5.64. The SMILES string of the molecule is O=C(c1ccccc1)C1CCN(C(=O)c2ccc(S(=O)(=O)NCc3cccs3)cc2)CC1. The first-order chi connectivity index (χ1) is 15.4. The topological polar surface area (TPSA) is 83.6 Å². The molecule has 166 valence electrons. The fourth-order valence-corrected chi connectivity index (χ4v) is 5.55. The molecule has 2 aromatic carbocycles. The summed E-state index contributed by atoms with van der Waals surface area (Å²) < 4.78 is 27.6. The number of nitrogens with zero attached hydrogens (tertiary/aromatic N) is 1. The zero-order valence-corrected chi connectivity index (χ0v) is 19.1. The van der Waals surface area contributed by atoms with Gasteiger partial charge in [0.05, 0.1) is 4.90 Å². The van der Waals surface area contributed by atoms with E-state index in [9.17, 15) is 18.0 Å². The maximum atomic E-state index is 12.9. The standard InChI is InChI=1S/C24H24N2O4S2/c27-23(18-5-2-1-3-6-18)19-12-14-26(15-13-19)24(28)20-8-10-22(11-9-20)32(29,30)25-17-21-7-4-16-31-21/h1-11,16,19,25H,12-15,17H2. The number of carbonyl (C=O) groups is 2. The lowest BCUT2D eigenvalue weighted by atomic mass is 9.88. The van der Waals surface area contributed by atoms with E-state index in [-0.39, 0.29) is 29.0 Å². The van der Waals surface area contributed by atoms with Crippen molar-refractivity contribution in [2.75, 3.05) is 13.1 Å². The number of nitrogens with one attached hydrogen (secondary N) is 1. The average Bonchev–Trinajstić information content (AvgIpc) is 3.37. The second-order valence-corrected chi connectivity index (χ2v) is 10.5. The van der Waals surface area contributed by atoms with Crippen molar-refractivity contribution in [3.8, 4) is 0 Å². The van der Waals surface area contributed by atoms with Gasteiger partial charge < -0.3 is 4.90 Å². The molecule has 1 saturated heterocycles. The van der Waals surface area contributed by atoms with Gasteiger partial charge in [0.1, 0.15) is 0 Å². The quantitative estimate of drug-likeness (QED) is 0.532. The molecule has 8 heteroatoms. The highest BCUT2D eigenvalue weighted by Crippen LogP contribution is 2.23. The van der Waals surface area contributed by atoms with Crippen LogP contribution in [0.1, 0.15) is 38.4 Å². The highest BCUT2D eigenvalue weighted by atomic mass is 32.2. The van der Waals surface area contributed by atoms with Crippen molar-refractivity contribution in [1.29, 1.82) is 0 Å². The lowest BCUT2D eigenvalue weighted by Gasteiger charge is -2.31. The van der Waals surface area contributed by atoms with E-state index in [0.29, 0.717) is 37.1 Å². The minimum absolute atomic E-state index is 0.0802. The van der Waals surface area contributed by atoms with Crippen LogP contribution in [-0.2, 0) is 16.6 Å². The van der Waals surface area contributed by atoms with Crippen LogP contribution in [0.2, 0.25) is 0 Å². The number of Topliss-reactive ketones (excluding diaryl/α,β-unsaturated/α-hetero) is 1. The number of rotatable bonds is 7. The number of hydrogen-bond donors (Lipinski definition) is 1. The van der Waals surface area contributed by atoms with Gasteiger partial charge >= 0.3 is 0 Å². The van der Waals surface area contributed by atoms with Crippen LogP contribution in [0.5, 0.6) is 0 Å². The number of piperidine rings is 1. The highest BCUT2D eigenvalue weighted by Gasteiger charge is 2.28. The molecule has 0 radical (unpaired) electrons. The summed E-state index contributed by atoms with van der Waals surface area (Å²) in [5.41, 5.74) is 1.15. The van der Waals surface area contributed by atoms with Crippen LogP contribution >= 0.6 is 11.3 Å². The third-order valence-corrected chi connectivity index (χ3v) is 7.93. The molecule has 1 aromatic heterocycles. The Balaban J connectivity index is 1.34. The molecule has 0 bridgehead atoms. The summed E-state index contributed by atoms with van der Waals surface area (Å²) in [6, 6.07) is 19.0. The molecule has 6 nitrogen and oxygen atoms in total. The summed E-state index contributed by atoms with van der Waals surface area (Å²) in [6.07, 6.45) is 1.25. The predicted molar refractivity (Wildman–Crippen MR) is 124 cm³/mol. The van der Waals surface area contributed by atoms with Gasteiger partial charge in [-0.15, -0.1) is 11.3 Å². The largest absolute Gasteiger partial charge is 0.339 e. The number of hydrogen-bond acceptors (Lipinski definition) is 5. The van der Waals surface area contributed by atoms with E-state index in [4.69, 9.17) is 0 Å². The molecule has 1 aliphatic heterocycles. The van der Waals surface area contributed by atoms with E-state index in [1.54, 1.807) is 17.0 Å². The Morgan fingerprint density at radius 2 is 1.59 bits per heavy atom. The van der Waals surface area contributed by atoms with E-state index in [0.717, 1.165) is 4.88 Å². The Kier molecular flexibility index (Phi) is 6.83. The lowest BCUT2D eigenvalue weighted by molar-refractivity contribution is 0.0650. The summed E-state index contributed by atoms with van der Waals surface area (Å²) in [6.45, 7) is 1.24. The van der Waals surface area contributed by atoms with Crippen molar-refractivity contribution in [3.63, 3.8) is 0 Å². The fraction of sp³-hybridized carbons (Fsp3) is 0.250. The van der Waals surface area contributed by atoms with Crippen LogP contribution < -0.4 is 4.72 Å². The number of sulfonamides is 1. The second kappa shape index (κ2) is 9.77. The molecular weight excluding hydrogens is 444 g/mol. The molecule has 0 saturated carbocycles. The Morgan fingerprint density at radius 1 is 0.906 bits per heavy atom. The van der Waals surface area contributed by atoms with Gasteiger partial charge in [-0.1, -0.05) is 36.4 Å². The summed E-state index contributed by atoms with van der Waals surface area (Å²) in [5, 5.41) is 1.89. The predicted octanol–water partition coefficient (Wildman–Crippen LogP) is 3.96. The van der Waals surface area contributed by atoms with Gasteiger partial charge in [0.25, 0.3) is 5.91 Å². The minimum atomic E-state index is -3.65.